The molecule has 1 saturated heterocycles. The number of rotatable bonds is 5. The van der Waals surface area contributed by atoms with Crippen LogP contribution >= 0.6 is 0 Å². The molecule has 0 saturated carbocycles. The maximum absolute atomic E-state index is 13.1. The largest absolute Gasteiger partial charge is 0.382 e. The molecule has 0 unspecified atom stereocenters. The van der Waals surface area contributed by atoms with Gasteiger partial charge >= 0.3 is 0 Å². The van der Waals surface area contributed by atoms with Crippen molar-refractivity contribution in [2.75, 3.05) is 25.0 Å². The topological polar surface area (TPSA) is 54.3 Å². The normalized spacial score (nSPS) is 16.5. The number of fused-ring (bicyclic) bond motifs is 1. The predicted octanol–water partition coefficient (Wildman–Crippen LogP) is 4.08. The second-order valence-electron chi connectivity index (χ2n) is 7.52. The van der Waals surface area contributed by atoms with Gasteiger partial charge in [0.05, 0.1) is 10.4 Å². The highest BCUT2D eigenvalue weighted by Gasteiger charge is 2.21. The van der Waals surface area contributed by atoms with Crippen molar-refractivity contribution < 1.29 is 8.42 Å². The monoisotopic (exact) mass is 397 g/mol. The third-order valence-electron chi connectivity index (χ3n) is 5.67. The Kier molecular flexibility index (Phi) is 5.17. The lowest BCUT2D eigenvalue weighted by Gasteiger charge is -2.32. The molecule has 1 N–H and O–H groups in total. The molecule has 1 fully saturated rings. The first-order valence-electron chi connectivity index (χ1n) is 9.90. The number of hydrogen-bond acceptors (Lipinski definition) is 4. The van der Waals surface area contributed by atoms with Gasteiger partial charge in [-0.05, 0) is 56.6 Å². The van der Waals surface area contributed by atoms with E-state index in [0.717, 1.165) is 49.1 Å². The zero-order chi connectivity index (χ0) is 19.7. The lowest BCUT2D eigenvalue weighted by atomic mass is 10.0. The van der Waals surface area contributed by atoms with Crippen molar-refractivity contribution in [3.05, 3.63) is 60.3 Å². The summed E-state index contributed by atoms with van der Waals surface area (Å²) in [5.41, 5.74) is 2.75. The van der Waals surface area contributed by atoms with Crippen molar-refractivity contribution in [2.24, 2.45) is 0 Å². The summed E-state index contributed by atoms with van der Waals surface area (Å²) in [6.07, 6.45) is 3.87. The van der Waals surface area contributed by atoms with E-state index in [1.54, 1.807) is 18.3 Å². The molecule has 28 heavy (non-hydrogen) atoms. The average Bonchev–Trinajstić information content (AvgIpc) is 3.15. The molecule has 5 nitrogen and oxygen atoms in total. The van der Waals surface area contributed by atoms with Crippen molar-refractivity contribution in [1.82, 2.24) is 8.87 Å². The Balaban J connectivity index is 1.64. The van der Waals surface area contributed by atoms with Gasteiger partial charge in [0.25, 0.3) is 10.0 Å². The zero-order valence-corrected chi connectivity index (χ0v) is 17.2. The number of likely N-dealkylation sites (tertiary alicyclic amines) is 1. The average molecular weight is 398 g/mol. The fourth-order valence-corrected chi connectivity index (χ4v) is 5.26. The molecule has 6 heteroatoms. The lowest BCUT2D eigenvalue weighted by Crippen LogP contribution is -2.38. The quantitative estimate of drug-likeness (QED) is 0.705. The SMILES string of the molecule is CCN1CCC(Nc2cccc3c2ccn3S(=O)(=O)c2ccc(C)cc2)CC1. The van der Waals surface area contributed by atoms with Gasteiger partial charge in [0.2, 0.25) is 0 Å². The Morgan fingerprint density at radius 2 is 1.75 bits per heavy atom. The van der Waals surface area contributed by atoms with E-state index in [-0.39, 0.29) is 0 Å². The minimum Gasteiger partial charge on any atom is -0.382 e. The third-order valence-corrected chi connectivity index (χ3v) is 7.37. The molecule has 0 bridgehead atoms. The lowest BCUT2D eigenvalue weighted by molar-refractivity contribution is 0.229. The molecule has 148 valence electrons. The highest BCUT2D eigenvalue weighted by Crippen LogP contribution is 2.29. The first-order valence-corrected chi connectivity index (χ1v) is 11.3. The Bertz CT molecular complexity index is 1060. The Labute approximate surface area is 167 Å². The fraction of sp³-hybridized carbons (Fsp3) is 0.364. The minimum absolute atomic E-state index is 0.306. The van der Waals surface area contributed by atoms with Crippen molar-refractivity contribution in [3.8, 4) is 0 Å². The summed E-state index contributed by atoms with van der Waals surface area (Å²) in [6, 6.07) is 15.1. The highest BCUT2D eigenvalue weighted by atomic mass is 32.2. The van der Waals surface area contributed by atoms with E-state index in [2.05, 4.69) is 17.1 Å². The maximum atomic E-state index is 13.1. The van der Waals surface area contributed by atoms with Gasteiger partial charge in [0.15, 0.2) is 0 Å². The van der Waals surface area contributed by atoms with Gasteiger partial charge in [0.1, 0.15) is 0 Å². The van der Waals surface area contributed by atoms with Crippen LogP contribution in [0.1, 0.15) is 25.3 Å². The second kappa shape index (κ2) is 7.60. The van der Waals surface area contributed by atoms with Crippen LogP contribution in [0.25, 0.3) is 10.9 Å². The molecular formula is C22H27N3O2S. The Hall–Kier alpha value is -2.31. The molecule has 0 spiro atoms. The van der Waals surface area contributed by atoms with Gasteiger partial charge < -0.3 is 10.2 Å². The molecule has 2 heterocycles. The van der Waals surface area contributed by atoms with E-state index in [1.165, 1.54) is 3.97 Å². The van der Waals surface area contributed by atoms with Crippen molar-refractivity contribution in [3.63, 3.8) is 0 Å². The summed E-state index contributed by atoms with van der Waals surface area (Å²) < 4.78 is 27.6. The molecule has 0 atom stereocenters. The number of hydrogen-bond donors (Lipinski definition) is 1. The standard InChI is InChI=1S/C22H27N3O2S/c1-3-24-14-11-18(12-15-24)23-21-5-4-6-22-20(21)13-16-25(22)28(26,27)19-9-7-17(2)8-10-19/h4-10,13,16,18,23H,3,11-12,14-15H2,1-2H3. The van der Waals surface area contributed by atoms with Gasteiger partial charge in [0, 0.05) is 36.4 Å². The van der Waals surface area contributed by atoms with E-state index >= 15 is 0 Å². The molecule has 1 aliphatic heterocycles. The van der Waals surface area contributed by atoms with Crippen LogP contribution in [0.2, 0.25) is 0 Å². The molecule has 0 radical (unpaired) electrons. The molecule has 1 aliphatic rings. The number of aromatic nitrogens is 1. The van der Waals surface area contributed by atoms with Crippen LogP contribution in [0.5, 0.6) is 0 Å². The molecule has 3 aromatic rings. The number of piperidine rings is 1. The highest BCUT2D eigenvalue weighted by molar-refractivity contribution is 7.90. The summed E-state index contributed by atoms with van der Waals surface area (Å²) in [5, 5.41) is 4.59. The van der Waals surface area contributed by atoms with Crippen LogP contribution in [-0.2, 0) is 10.0 Å². The summed E-state index contributed by atoms with van der Waals surface area (Å²) in [4.78, 5) is 2.77. The number of anilines is 1. The van der Waals surface area contributed by atoms with E-state index in [4.69, 9.17) is 0 Å². The summed E-state index contributed by atoms with van der Waals surface area (Å²) in [5.74, 6) is 0. The van der Waals surface area contributed by atoms with E-state index in [1.807, 2.05) is 43.3 Å². The fourth-order valence-electron chi connectivity index (χ4n) is 3.92. The van der Waals surface area contributed by atoms with Crippen LogP contribution in [0.4, 0.5) is 5.69 Å². The molecule has 1 aromatic heterocycles. The third kappa shape index (κ3) is 3.54. The van der Waals surface area contributed by atoms with Crippen LogP contribution in [0.3, 0.4) is 0 Å². The van der Waals surface area contributed by atoms with Crippen molar-refractivity contribution in [2.45, 2.75) is 37.6 Å². The summed E-state index contributed by atoms with van der Waals surface area (Å²) in [6.45, 7) is 7.46. The molecular weight excluding hydrogens is 370 g/mol. The summed E-state index contributed by atoms with van der Waals surface area (Å²) in [7, 11) is -3.62. The van der Waals surface area contributed by atoms with Crippen LogP contribution in [0.15, 0.2) is 59.6 Å². The Morgan fingerprint density at radius 3 is 2.43 bits per heavy atom. The first-order chi connectivity index (χ1) is 13.5. The van der Waals surface area contributed by atoms with Gasteiger partial charge in [-0.25, -0.2) is 12.4 Å². The molecule has 0 amide bonds. The molecule has 4 rings (SSSR count). The molecule has 0 aliphatic carbocycles. The summed E-state index contributed by atoms with van der Waals surface area (Å²) >= 11 is 0. The van der Waals surface area contributed by atoms with E-state index in [0.29, 0.717) is 16.5 Å². The van der Waals surface area contributed by atoms with E-state index < -0.39 is 10.0 Å². The smallest absolute Gasteiger partial charge is 0.268 e. The number of nitrogens with zero attached hydrogens (tertiary/aromatic N) is 2. The van der Waals surface area contributed by atoms with Crippen LogP contribution < -0.4 is 5.32 Å². The number of benzene rings is 2. The first kappa shape index (κ1) is 19.0. The van der Waals surface area contributed by atoms with Gasteiger partial charge in [-0.1, -0.05) is 30.7 Å². The van der Waals surface area contributed by atoms with Crippen LogP contribution in [0, 0.1) is 6.92 Å². The molecule has 2 aromatic carbocycles. The van der Waals surface area contributed by atoms with Crippen LogP contribution in [-0.4, -0.2) is 43.0 Å². The zero-order valence-electron chi connectivity index (χ0n) is 16.4. The van der Waals surface area contributed by atoms with Gasteiger partial charge in [-0.15, -0.1) is 0 Å². The van der Waals surface area contributed by atoms with Crippen molar-refractivity contribution >= 4 is 26.6 Å². The van der Waals surface area contributed by atoms with E-state index in [9.17, 15) is 8.42 Å². The number of nitrogens with one attached hydrogen (secondary N) is 1. The maximum Gasteiger partial charge on any atom is 0.268 e. The second-order valence-corrected chi connectivity index (χ2v) is 9.34. The Morgan fingerprint density at radius 1 is 1.04 bits per heavy atom. The van der Waals surface area contributed by atoms with Gasteiger partial charge in [-0.2, -0.15) is 0 Å². The van der Waals surface area contributed by atoms with Gasteiger partial charge in [-0.3, -0.25) is 0 Å². The number of aryl methyl sites for hydroxylation is 1. The minimum atomic E-state index is -3.62. The predicted molar refractivity (Wildman–Crippen MR) is 114 cm³/mol. The van der Waals surface area contributed by atoms with Crippen molar-refractivity contribution in [1.29, 1.82) is 0 Å².